The lowest BCUT2D eigenvalue weighted by Crippen LogP contribution is -2.44. The minimum Gasteiger partial charge on any atom is -0.327 e. The Morgan fingerprint density at radius 1 is 1.00 bits per heavy atom. The van der Waals surface area contributed by atoms with Crippen LogP contribution in [0.25, 0.3) is 0 Å². The van der Waals surface area contributed by atoms with E-state index in [9.17, 15) is 0 Å². The maximum atomic E-state index is 6.26. The van der Waals surface area contributed by atoms with Gasteiger partial charge in [-0.2, -0.15) is 0 Å². The summed E-state index contributed by atoms with van der Waals surface area (Å²) in [6.07, 6.45) is 11.0. The molecule has 0 aromatic heterocycles. The molecule has 2 saturated carbocycles. The minimum atomic E-state index is 0.468. The fourth-order valence-electron chi connectivity index (χ4n) is 2.99. The highest BCUT2D eigenvalue weighted by Gasteiger charge is 2.27. The van der Waals surface area contributed by atoms with E-state index in [1.807, 2.05) is 0 Å². The van der Waals surface area contributed by atoms with Crippen molar-refractivity contribution >= 4 is 0 Å². The first kappa shape index (κ1) is 11.4. The van der Waals surface area contributed by atoms with Crippen LogP contribution >= 0.6 is 0 Å². The molecule has 2 heteroatoms. The third-order valence-corrected chi connectivity index (χ3v) is 4.44. The molecule has 2 fully saturated rings. The Bertz CT molecular complexity index is 189. The van der Waals surface area contributed by atoms with Gasteiger partial charge in [0.05, 0.1) is 0 Å². The van der Waals surface area contributed by atoms with Gasteiger partial charge in [0.25, 0.3) is 0 Å². The van der Waals surface area contributed by atoms with E-state index in [4.69, 9.17) is 5.73 Å². The van der Waals surface area contributed by atoms with Crippen LogP contribution in [-0.2, 0) is 0 Å². The van der Waals surface area contributed by atoms with Crippen molar-refractivity contribution in [2.24, 2.45) is 11.7 Å². The Morgan fingerprint density at radius 2 is 1.73 bits per heavy atom. The summed E-state index contributed by atoms with van der Waals surface area (Å²) in [6.45, 7) is 1.24. The molecular weight excluding hydrogens is 184 g/mol. The minimum absolute atomic E-state index is 0.468. The molecule has 2 aliphatic rings. The zero-order valence-electron chi connectivity index (χ0n) is 10.1. The third kappa shape index (κ3) is 2.94. The second kappa shape index (κ2) is 5.31. The Labute approximate surface area is 94.2 Å². The second-order valence-corrected chi connectivity index (χ2v) is 5.59. The van der Waals surface area contributed by atoms with E-state index >= 15 is 0 Å². The van der Waals surface area contributed by atoms with Crippen molar-refractivity contribution < 1.29 is 0 Å². The molecule has 2 rings (SSSR count). The average Bonchev–Trinajstić information content (AvgIpc) is 2.29. The second-order valence-electron chi connectivity index (χ2n) is 5.59. The van der Waals surface area contributed by atoms with Gasteiger partial charge in [-0.25, -0.2) is 0 Å². The third-order valence-electron chi connectivity index (χ3n) is 4.44. The molecule has 15 heavy (non-hydrogen) atoms. The van der Waals surface area contributed by atoms with Gasteiger partial charge >= 0.3 is 0 Å². The summed E-state index contributed by atoms with van der Waals surface area (Å²) in [5, 5.41) is 0. The highest BCUT2D eigenvalue weighted by molar-refractivity contribution is 4.83. The summed E-state index contributed by atoms with van der Waals surface area (Å²) in [5.41, 5.74) is 6.26. The van der Waals surface area contributed by atoms with Crippen molar-refractivity contribution in [3.63, 3.8) is 0 Å². The van der Waals surface area contributed by atoms with Gasteiger partial charge in [-0.1, -0.05) is 25.7 Å². The summed E-state index contributed by atoms with van der Waals surface area (Å²) in [4.78, 5) is 2.57. The van der Waals surface area contributed by atoms with Crippen LogP contribution in [0.15, 0.2) is 0 Å². The van der Waals surface area contributed by atoms with E-state index in [1.54, 1.807) is 0 Å². The smallest absolute Gasteiger partial charge is 0.00923 e. The molecule has 0 amide bonds. The van der Waals surface area contributed by atoms with E-state index in [1.165, 1.54) is 57.9 Å². The van der Waals surface area contributed by atoms with Crippen LogP contribution < -0.4 is 5.73 Å². The lowest BCUT2D eigenvalue weighted by atomic mass is 9.89. The summed E-state index contributed by atoms with van der Waals surface area (Å²) in [7, 11) is 2.29. The van der Waals surface area contributed by atoms with Crippen molar-refractivity contribution in [2.45, 2.75) is 63.5 Å². The summed E-state index contributed by atoms with van der Waals surface area (Å²) >= 11 is 0. The van der Waals surface area contributed by atoms with E-state index < -0.39 is 0 Å². The molecule has 0 bridgehead atoms. The lowest BCUT2D eigenvalue weighted by Gasteiger charge is -2.37. The number of nitrogens with zero attached hydrogens (tertiary/aromatic N) is 1. The van der Waals surface area contributed by atoms with E-state index in [0.717, 1.165) is 12.0 Å². The van der Waals surface area contributed by atoms with E-state index in [2.05, 4.69) is 11.9 Å². The van der Waals surface area contributed by atoms with Gasteiger partial charge in [-0.15, -0.1) is 0 Å². The van der Waals surface area contributed by atoms with E-state index in [-0.39, 0.29) is 0 Å². The number of nitrogens with two attached hydrogens (primary N) is 1. The SMILES string of the molecule is CN(CC1CCCCCC1N)C1CCC1. The zero-order valence-corrected chi connectivity index (χ0v) is 10.1. The molecule has 2 aliphatic carbocycles. The highest BCUT2D eigenvalue weighted by atomic mass is 15.1. The van der Waals surface area contributed by atoms with Crippen molar-refractivity contribution in [3.8, 4) is 0 Å². The largest absolute Gasteiger partial charge is 0.327 e. The quantitative estimate of drug-likeness (QED) is 0.725. The van der Waals surface area contributed by atoms with Gasteiger partial charge in [-0.05, 0) is 38.6 Å². The molecule has 0 spiro atoms. The molecule has 2 N–H and O–H groups in total. The van der Waals surface area contributed by atoms with Gasteiger partial charge in [0.15, 0.2) is 0 Å². The zero-order chi connectivity index (χ0) is 10.7. The molecule has 0 aromatic carbocycles. The van der Waals surface area contributed by atoms with Crippen molar-refractivity contribution in [3.05, 3.63) is 0 Å². The monoisotopic (exact) mass is 210 g/mol. The maximum absolute atomic E-state index is 6.26. The van der Waals surface area contributed by atoms with Gasteiger partial charge < -0.3 is 10.6 Å². The van der Waals surface area contributed by atoms with Crippen LogP contribution in [0.5, 0.6) is 0 Å². The Balaban J connectivity index is 1.79. The Hall–Kier alpha value is -0.0800. The van der Waals surface area contributed by atoms with Gasteiger partial charge in [-0.3, -0.25) is 0 Å². The lowest BCUT2D eigenvalue weighted by molar-refractivity contribution is 0.128. The molecule has 88 valence electrons. The predicted octanol–water partition coefficient (Wildman–Crippen LogP) is 2.38. The van der Waals surface area contributed by atoms with Crippen LogP contribution in [0.1, 0.15) is 51.4 Å². The summed E-state index contributed by atoms with van der Waals surface area (Å²) < 4.78 is 0. The molecule has 0 aromatic rings. The van der Waals surface area contributed by atoms with Crippen molar-refractivity contribution in [1.29, 1.82) is 0 Å². The first-order chi connectivity index (χ1) is 7.27. The van der Waals surface area contributed by atoms with Crippen LogP contribution in [0, 0.1) is 5.92 Å². The molecule has 2 nitrogen and oxygen atoms in total. The molecule has 0 saturated heterocycles. The number of hydrogen-bond acceptors (Lipinski definition) is 2. The highest BCUT2D eigenvalue weighted by Crippen LogP contribution is 2.27. The van der Waals surface area contributed by atoms with Crippen LogP contribution in [0.2, 0.25) is 0 Å². The first-order valence-electron chi connectivity index (χ1n) is 6.73. The molecule has 2 atom stereocenters. The van der Waals surface area contributed by atoms with Crippen LogP contribution in [0.4, 0.5) is 0 Å². The molecule has 0 radical (unpaired) electrons. The number of rotatable bonds is 3. The average molecular weight is 210 g/mol. The summed E-state index contributed by atoms with van der Waals surface area (Å²) in [6, 6.07) is 1.34. The van der Waals surface area contributed by atoms with Crippen molar-refractivity contribution in [2.75, 3.05) is 13.6 Å². The number of hydrogen-bond donors (Lipinski definition) is 1. The molecule has 2 unspecified atom stereocenters. The molecule has 0 aliphatic heterocycles. The van der Waals surface area contributed by atoms with Crippen LogP contribution in [-0.4, -0.2) is 30.6 Å². The fraction of sp³-hybridized carbons (Fsp3) is 1.00. The Kier molecular flexibility index (Phi) is 4.04. The molecular formula is C13H26N2. The van der Waals surface area contributed by atoms with E-state index in [0.29, 0.717) is 6.04 Å². The normalized spacial score (nSPS) is 33.8. The van der Waals surface area contributed by atoms with Gasteiger partial charge in [0, 0.05) is 18.6 Å². The van der Waals surface area contributed by atoms with Crippen LogP contribution in [0.3, 0.4) is 0 Å². The standard InChI is InChI=1S/C13H26N2/c1-15(12-7-5-8-12)10-11-6-3-2-4-9-13(11)14/h11-13H,2-10,14H2,1H3. The Morgan fingerprint density at radius 3 is 2.40 bits per heavy atom. The maximum Gasteiger partial charge on any atom is 0.00923 e. The summed E-state index contributed by atoms with van der Waals surface area (Å²) in [5.74, 6) is 0.762. The fourth-order valence-corrected chi connectivity index (χ4v) is 2.99. The topological polar surface area (TPSA) is 29.3 Å². The molecule has 0 heterocycles. The van der Waals surface area contributed by atoms with Gasteiger partial charge in [0.2, 0.25) is 0 Å². The predicted molar refractivity (Wildman–Crippen MR) is 64.8 cm³/mol. The first-order valence-corrected chi connectivity index (χ1v) is 6.73. The van der Waals surface area contributed by atoms with Crippen molar-refractivity contribution in [1.82, 2.24) is 4.90 Å². The van der Waals surface area contributed by atoms with Gasteiger partial charge in [0.1, 0.15) is 0 Å².